The van der Waals surface area contributed by atoms with Gasteiger partial charge in [-0.15, -0.1) is 5.10 Å². The van der Waals surface area contributed by atoms with E-state index in [1.165, 1.54) is 4.68 Å². The summed E-state index contributed by atoms with van der Waals surface area (Å²) in [4.78, 5) is 18.8. The first-order valence-corrected chi connectivity index (χ1v) is 5.11. The number of nitrogens with one attached hydrogen (secondary N) is 1. The van der Waals surface area contributed by atoms with E-state index in [-0.39, 0.29) is 11.1 Å². The van der Waals surface area contributed by atoms with Crippen molar-refractivity contribution in [2.45, 2.75) is 0 Å². The maximum atomic E-state index is 11.8. The van der Waals surface area contributed by atoms with Gasteiger partial charge in [-0.25, -0.2) is 9.67 Å². The van der Waals surface area contributed by atoms with Crippen LogP contribution in [0, 0.1) is 0 Å². The van der Waals surface area contributed by atoms with Gasteiger partial charge in [0.2, 0.25) is 0 Å². The molecule has 0 saturated carbocycles. The Labute approximate surface area is 95.9 Å². The minimum Gasteiger partial charge on any atom is -0.304 e. The van der Waals surface area contributed by atoms with Crippen LogP contribution in [0.4, 0.5) is 0 Å². The summed E-state index contributed by atoms with van der Waals surface area (Å²) in [7, 11) is 1.70. The summed E-state index contributed by atoms with van der Waals surface area (Å²) in [6.45, 7) is 0. The van der Waals surface area contributed by atoms with Gasteiger partial charge in [-0.05, 0) is 0 Å². The van der Waals surface area contributed by atoms with E-state index >= 15 is 0 Å². The SMILES string of the molecule is Cn1nnc2c(=O)[nH]c(-c3ccccc3)nc21. The Balaban J connectivity index is 2.32. The average molecular weight is 227 g/mol. The summed E-state index contributed by atoms with van der Waals surface area (Å²) < 4.78 is 1.48. The molecule has 0 saturated heterocycles. The van der Waals surface area contributed by atoms with Gasteiger partial charge in [-0.1, -0.05) is 35.5 Å². The number of nitrogens with zero attached hydrogens (tertiary/aromatic N) is 4. The fourth-order valence-corrected chi connectivity index (χ4v) is 1.66. The number of hydrogen-bond donors (Lipinski definition) is 1. The summed E-state index contributed by atoms with van der Waals surface area (Å²) in [5.74, 6) is 0.522. The summed E-state index contributed by atoms with van der Waals surface area (Å²) in [5.41, 5.74) is 1.31. The highest BCUT2D eigenvalue weighted by Crippen LogP contribution is 2.13. The van der Waals surface area contributed by atoms with E-state index < -0.39 is 0 Å². The van der Waals surface area contributed by atoms with E-state index in [2.05, 4.69) is 20.3 Å². The van der Waals surface area contributed by atoms with Crippen molar-refractivity contribution in [3.8, 4) is 11.4 Å². The highest BCUT2D eigenvalue weighted by Gasteiger charge is 2.10. The molecule has 0 bridgehead atoms. The molecule has 2 heterocycles. The standard InChI is InChI=1S/C11H9N5O/c1-16-10-8(14-15-16)11(17)13-9(12-10)7-5-3-2-4-6-7/h2-6H,1H3,(H,12,13,17). The second kappa shape index (κ2) is 3.51. The fraction of sp³-hybridized carbons (Fsp3) is 0.0909. The molecule has 0 fully saturated rings. The largest absolute Gasteiger partial charge is 0.304 e. The second-order valence-corrected chi connectivity index (χ2v) is 3.67. The predicted octanol–water partition coefficient (Wildman–Crippen LogP) is 0.719. The van der Waals surface area contributed by atoms with Crippen molar-refractivity contribution < 1.29 is 0 Å². The monoisotopic (exact) mass is 227 g/mol. The van der Waals surface area contributed by atoms with Crippen LogP contribution in [0.3, 0.4) is 0 Å². The molecule has 0 aliphatic carbocycles. The van der Waals surface area contributed by atoms with E-state index in [0.717, 1.165) is 5.56 Å². The molecule has 0 atom stereocenters. The fourth-order valence-electron chi connectivity index (χ4n) is 1.66. The number of fused-ring (bicyclic) bond motifs is 1. The van der Waals surface area contributed by atoms with E-state index in [1.807, 2.05) is 30.3 Å². The number of hydrogen-bond acceptors (Lipinski definition) is 4. The third-order valence-corrected chi connectivity index (χ3v) is 2.51. The molecule has 0 spiro atoms. The van der Waals surface area contributed by atoms with Crippen LogP contribution in [0.1, 0.15) is 0 Å². The molecule has 1 aromatic carbocycles. The van der Waals surface area contributed by atoms with Crippen LogP contribution in [0.15, 0.2) is 35.1 Å². The number of rotatable bonds is 1. The topological polar surface area (TPSA) is 76.5 Å². The molecule has 3 aromatic rings. The molecule has 6 heteroatoms. The Hall–Kier alpha value is -2.50. The molecule has 0 amide bonds. The predicted molar refractivity (Wildman–Crippen MR) is 62.4 cm³/mol. The minimum absolute atomic E-state index is 0.257. The quantitative estimate of drug-likeness (QED) is 0.664. The lowest BCUT2D eigenvalue weighted by Crippen LogP contribution is -2.10. The lowest BCUT2D eigenvalue weighted by molar-refractivity contribution is 0.730. The van der Waals surface area contributed by atoms with Crippen LogP contribution in [0.2, 0.25) is 0 Å². The molecule has 84 valence electrons. The lowest BCUT2D eigenvalue weighted by atomic mass is 10.2. The molecule has 0 radical (unpaired) electrons. The molecule has 0 aliphatic rings. The van der Waals surface area contributed by atoms with Gasteiger partial charge in [0, 0.05) is 12.6 Å². The zero-order valence-electron chi connectivity index (χ0n) is 9.08. The zero-order chi connectivity index (χ0) is 11.8. The van der Waals surface area contributed by atoms with Crippen molar-refractivity contribution in [1.29, 1.82) is 0 Å². The molecule has 1 N–H and O–H groups in total. The molecule has 6 nitrogen and oxygen atoms in total. The Morgan fingerprint density at radius 2 is 2.00 bits per heavy atom. The van der Waals surface area contributed by atoms with Crippen molar-refractivity contribution in [3.05, 3.63) is 40.7 Å². The molecule has 3 rings (SSSR count). The first kappa shape index (κ1) is 9.71. The highest BCUT2D eigenvalue weighted by atomic mass is 16.1. The summed E-state index contributed by atoms with van der Waals surface area (Å²) in [5, 5.41) is 7.53. The first-order valence-electron chi connectivity index (χ1n) is 5.11. The maximum Gasteiger partial charge on any atom is 0.281 e. The first-order chi connectivity index (χ1) is 8.25. The van der Waals surface area contributed by atoms with Crippen LogP contribution in [-0.2, 0) is 7.05 Å². The van der Waals surface area contributed by atoms with Crippen LogP contribution in [0.25, 0.3) is 22.6 Å². The van der Waals surface area contributed by atoms with E-state index in [4.69, 9.17) is 0 Å². The number of aromatic nitrogens is 5. The van der Waals surface area contributed by atoms with Crippen molar-refractivity contribution in [2.24, 2.45) is 7.05 Å². The van der Waals surface area contributed by atoms with E-state index in [9.17, 15) is 4.79 Å². The number of aromatic amines is 1. The van der Waals surface area contributed by atoms with Crippen LogP contribution >= 0.6 is 0 Å². The number of aryl methyl sites for hydroxylation is 1. The van der Waals surface area contributed by atoms with Gasteiger partial charge >= 0.3 is 0 Å². The average Bonchev–Trinajstić information content (AvgIpc) is 2.73. The van der Waals surface area contributed by atoms with Crippen molar-refractivity contribution in [2.75, 3.05) is 0 Å². The van der Waals surface area contributed by atoms with Crippen molar-refractivity contribution >= 4 is 11.2 Å². The Bertz CT molecular complexity index is 728. The minimum atomic E-state index is -0.276. The van der Waals surface area contributed by atoms with Gasteiger partial charge in [0.05, 0.1) is 0 Å². The van der Waals surface area contributed by atoms with Crippen LogP contribution < -0.4 is 5.56 Å². The van der Waals surface area contributed by atoms with Crippen LogP contribution in [-0.4, -0.2) is 25.0 Å². The van der Waals surface area contributed by atoms with Gasteiger partial charge in [0.25, 0.3) is 5.56 Å². The summed E-state index contributed by atoms with van der Waals surface area (Å²) in [6.07, 6.45) is 0. The summed E-state index contributed by atoms with van der Waals surface area (Å²) >= 11 is 0. The zero-order valence-corrected chi connectivity index (χ0v) is 9.08. The number of H-pyrrole nitrogens is 1. The second-order valence-electron chi connectivity index (χ2n) is 3.67. The molecule has 0 unspecified atom stereocenters. The lowest BCUT2D eigenvalue weighted by Gasteiger charge is -2.00. The van der Waals surface area contributed by atoms with Crippen molar-refractivity contribution in [3.63, 3.8) is 0 Å². The molecule has 0 aliphatic heterocycles. The van der Waals surface area contributed by atoms with Gasteiger partial charge in [0.1, 0.15) is 5.82 Å². The van der Waals surface area contributed by atoms with Gasteiger partial charge in [-0.2, -0.15) is 0 Å². The Kier molecular flexibility index (Phi) is 2.01. The van der Waals surface area contributed by atoms with Gasteiger partial charge in [-0.3, -0.25) is 4.79 Å². The summed E-state index contributed by atoms with van der Waals surface area (Å²) in [6, 6.07) is 9.45. The van der Waals surface area contributed by atoms with Gasteiger partial charge < -0.3 is 4.98 Å². The third-order valence-electron chi connectivity index (χ3n) is 2.51. The van der Waals surface area contributed by atoms with E-state index in [1.54, 1.807) is 7.05 Å². The normalized spacial score (nSPS) is 10.9. The number of benzene rings is 1. The smallest absolute Gasteiger partial charge is 0.281 e. The molecule has 2 aromatic heterocycles. The van der Waals surface area contributed by atoms with Crippen LogP contribution in [0.5, 0.6) is 0 Å². The Morgan fingerprint density at radius 3 is 2.76 bits per heavy atom. The molecular formula is C11H9N5O. The Morgan fingerprint density at radius 1 is 1.24 bits per heavy atom. The molecular weight excluding hydrogens is 218 g/mol. The maximum absolute atomic E-state index is 11.8. The van der Waals surface area contributed by atoms with E-state index in [0.29, 0.717) is 11.5 Å². The molecule has 17 heavy (non-hydrogen) atoms. The van der Waals surface area contributed by atoms with Crippen molar-refractivity contribution in [1.82, 2.24) is 25.0 Å². The van der Waals surface area contributed by atoms with Gasteiger partial charge in [0.15, 0.2) is 11.2 Å². The third kappa shape index (κ3) is 1.50. The highest BCUT2D eigenvalue weighted by molar-refractivity contribution is 5.71.